The van der Waals surface area contributed by atoms with Gasteiger partial charge in [-0.05, 0) is 52.0 Å². The summed E-state index contributed by atoms with van der Waals surface area (Å²) in [5.41, 5.74) is 0.381. The van der Waals surface area contributed by atoms with Crippen molar-refractivity contribution < 1.29 is 36.9 Å². The first-order chi connectivity index (χ1) is 13.3. The number of nitrogens with two attached hydrogens (primary N) is 1. The summed E-state index contributed by atoms with van der Waals surface area (Å²) in [6.07, 6.45) is -3.59. The number of carbonyl (C=O) groups excluding carboxylic acids is 1. The van der Waals surface area contributed by atoms with Crippen LogP contribution in [0.3, 0.4) is 0 Å². The average Bonchev–Trinajstić information content (AvgIpc) is 3.07. The van der Waals surface area contributed by atoms with Crippen LogP contribution >= 0.6 is 0 Å². The zero-order valence-corrected chi connectivity index (χ0v) is 17.3. The Labute approximate surface area is 168 Å². The number of amides is 1. The molecule has 0 radical (unpaired) electrons. The van der Waals surface area contributed by atoms with Gasteiger partial charge in [-0.25, -0.2) is 13.6 Å². The third kappa shape index (κ3) is 4.04. The summed E-state index contributed by atoms with van der Waals surface area (Å²) in [5.74, 6) is -2.28. The van der Waals surface area contributed by atoms with Crippen molar-refractivity contribution in [3.63, 3.8) is 0 Å². The predicted molar refractivity (Wildman–Crippen MR) is 99.0 cm³/mol. The maximum atomic E-state index is 12.9. The maximum Gasteiger partial charge on any atom is 0.256 e. The fourth-order valence-electron chi connectivity index (χ4n) is 3.76. The number of fused-ring (bicyclic) bond motifs is 3. The lowest BCUT2D eigenvalue weighted by atomic mass is 9.98. The fourth-order valence-corrected chi connectivity index (χ4v) is 4.28. The van der Waals surface area contributed by atoms with Crippen LogP contribution in [0.1, 0.15) is 27.7 Å². The average molecular weight is 428 g/mol. The number of hydrogen-bond acceptors (Lipinski definition) is 8. The molecule has 0 aromatic heterocycles. The molecule has 11 heteroatoms. The molecule has 3 aliphatic rings. The number of nitrogens with one attached hydrogen (secondary N) is 1. The van der Waals surface area contributed by atoms with Gasteiger partial charge in [0.25, 0.3) is 5.91 Å². The van der Waals surface area contributed by atoms with Crippen molar-refractivity contribution in [3.8, 4) is 0 Å². The Bertz CT molecular complexity index is 914. The summed E-state index contributed by atoms with van der Waals surface area (Å²) < 4.78 is 52.2. The summed E-state index contributed by atoms with van der Waals surface area (Å²) >= 11 is 0. The second-order valence-corrected chi connectivity index (χ2v) is 9.71. The van der Waals surface area contributed by atoms with Gasteiger partial charge < -0.3 is 29.0 Å². The van der Waals surface area contributed by atoms with E-state index in [4.69, 9.17) is 28.8 Å². The molecule has 1 aromatic rings. The minimum atomic E-state index is -3.82. The fraction of sp³-hybridized carbons (Fsp3) is 0.611. The molecule has 0 spiro atoms. The number of ether oxygens (including phenoxy) is 5. The number of carbonyl (C=O) groups is 1. The second kappa shape index (κ2) is 6.71. The second-order valence-electron chi connectivity index (χ2n) is 8.15. The largest absolute Gasteiger partial charge is 0.342 e. The van der Waals surface area contributed by atoms with E-state index in [9.17, 15) is 13.2 Å². The SMILES string of the molecule is CC1(C)OC2OC(C(=O)Nc3ccc(S(N)(=O)=O)cc3)C3OC(C)(C)OC3C2O1. The van der Waals surface area contributed by atoms with Gasteiger partial charge >= 0.3 is 0 Å². The quantitative estimate of drug-likeness (QED) is 0.717. The highest BCUT2D eigenvalue weighted by atomic mass is 32.2. The first-order valence-corrected chi connectivity index (χ1v) is 10.7. The molecule has 10 nitrogen and oxygen atoms in total. The monoisotopic (exact) mass is 428 g/mol. The maximum absolute atomic E-state index is 12.9. The van der Waals surface area contributed by atoms with Crippen LogP contribution in [0.15, 0.2) is 29.2 Å². The Kier molecular flexibility index (Phi) is 4.78. The summed E-state index contributed by atoms with van der Waals surface area (Å²) in [7, 11) is -3.82. The smallest absolute Gasteiger partial charge is 0.256 e. The molecule has 3 fully saturated rings. The van der Waals surface area contributed by atoms with Gasteiger partial charge in [0.2, 0.25) is 10.0 Å². The van der Waals surface area contributed by atoms with Crippen LogP contribution in [0.4, 0.5) is 5.69 Å². The van der Waals surface area contributed by atoms with E-state index in [1.54, 1.807) is 27.7 Å². The Morgan fingerprint density at radius 3 is 2.10 bits per heavy atom. The van der Waals surface area contributed by atoms with Gasteiger partial charge in [-0.2, -0.15) is 0 Å². The van der Waals surface area contributed by atoms with Crippen molar-refractivity contribution in [2.45, 2.75) is 74.9 Å². The third-order valence-electron chi connectivity index (χ3n) is 4.86. The highest BCUT2D eigenvalue weighted by Gasteiger charge is 2.62. The molecule has 0 aliphatic carbocycles. The van der Waals surface area contributed by atoms with Crippen LogP contribution in [0, 0.1) is 0 Å². The third-order valence-corrected chi connectivity index (χ3v) is 5.79. The van der Waals surface area contributed by atoms with Crippen molar-refractivity contribution in [1.29, 1.82) is 0 Å². The zero-order chi connectivity index (χ0) is 21.2. The molecule has 1 amide bonds. The lowest BCUT2D eigenvalue weighted by molar-refractivity contribution is -0.229. The highest BCUT2D eigenvalue weighted by Crippen LogP contribution is 2.44. The molecule has 1 aromatic carbocycles. The molecule has 3 aliphatic heterocycles. The van der Waals surface area contributed by atoms with E-state index >= 15 is 0 Å². The van der Waals surface area contributed by atoms with Crippen molar-refractivity contribution in [2.24, 2.45) is 5.14 Å². The summed E-state index contributed by atoms with van der Waals surface area (Å²) in [4.78, 5) is 12.9. The highest BCUT2D eigenvalue weighted by molar-refractivity contribution is 7.89. The minimum absolute atomic E-state index is 0.0552. The van der Waals surface area contributed by atoms with Gasteiger partial charge in [-0.15, -0.1) is 0 Å². The summed E-state index contributed by atoms with van der Waals surface area (Å²) in [5, 5.41) is 7.79. The van der Waals surface area contributed by atoms with Gasteiger partial charge in [-0.1, -0.05) is 0 Å². The molecular weight excluding hydrogens is 404 g/mol. The van der Waals surface area contributed by atoms with Crippen LogP contribution in [0.5, 0.6) is 0 Å². The van der Waals surface area contributed by atoms with E-state index in [0.717, 1.165) is 0 Å². The molecule has 5 atom stereocenters. The van der Waals surface area contributed by atoms with Crippen LogP contribution in [0.2, 0.25) is 0 Å². The minimum Gasteiger partial charge on any atom is -0.342 e. The Balaban J connectivity index is 1.54. The molecule has 29 heavy (non-hydrogen) atoms. The van der Waals surface area contributed by atoms with Crippen molar-refractivity contribution in [3.05, 3.63) is 24.3 Å². The lowest BCUT2D eigenvalue weighted by Crippen LogP contribution is -2.58. The van der Waals surface area contributed by atoms with Gasteiger partial charge in [0.05, 0.1) is 4.90 Å². The van der Waals surface area contributed by atoms with Gasteiger partial charge in [-0.3, -0.25) is 4.79 Å². The Hall–Kier alpha value is -1.60. The van der Waals surface area contributed by atoms with Crippen LogP contribution in [0.25, 0.3) is 0 Å². The normalized spacial score (nSPS) is 35.0. The summed E-state index contributed by atoms with van der Waals surface area (Å²) in [6, 6.07) is 5.49. The number of benzene rings is 1. The first-order valence-electron chi connectivity index (χ1n) is 9.15. The summed E-state index contributed by atoms with van der Waals surface area (Å²) in [6.45, 7) is 7.02. The topological polar surface area (TPSA) is 135 Å². The molecule has 0 bridgehead atoms. The number of rotatable bonds is 3. The van der Waals surface area contributed by atoms with Gasteiger partial charge in [0.15, 0.2) is 24.0 Å². The van der Waals surface area contributed by atoms with Crippen LogP contribution < -0.4 is 10.5 Å². The molecule has 5 unspecified atom stereocenters. The molecule has 160 valence electrons. The molecule has 0 saturated carbocycles. The number of anilines is 1. The van der Waals surface area contributed by atoms with Crippen molar-refractivity contribution in [1.82, 2.24) is 0 Å². The van der Waals surface area contributed by atoms with Crippen molar-refractivity contribution >= 4 is 21.6 Å². The molecular formula is C18H24N2O8S. The molecule has 3 N–H and O–H groups in total. The molecule has 4 rings (SSSR count). The van der Waals surface area contributed by atoms with E-state index in [2.05, 4.69) is 5.32 Å². The number of sulfonamides is 1. The number of primary sulfonamides is 1. The first kappa shape index (κ1) is 20.7. The number of hydrogen-bond donors (Lipinski definition) is 2. The molecule has 3 heterocycles. The van der Waals surface area contributed by atoms with Crippen molar-refractivity contribution in [2.75, 3.05) is 5.32 Å². The Morgan fingerprint density at radius 1 is 0.931 bits per heavy atom. The van der Waals surface area contributed by atoms with E-state index in [-0.39, 0.29) is 4.90 Å². The predicted octanol–water partition coefficient (Wildman–Crippen LogP) is 0.669. The van der Waals surface area contributed by atoms with E-state index in [1.165, 1.54) is 24.3 Å². The zero-order valence-electron chi connectivity index (χ0n) is 16.4. The van der Waals surface area contributed by atoms with E-state index in [0.29, 0.717) is 5.69 Å². The van der Waals surface area contributed by atoms with Gasteiger partial charge in [0.1, 0.15) is 18.3 Å². The van der Waals surface area contributed by atoms with E-state index < -0.39 is 58.2 Å². The van der Waals surface area contributed by atoms with Crippen LogP contribution in [-0.4, -0.2) is 56.6 Å². The van der Waals surface area contributed by atoms with E-state index in [1.807, 2.05) is 0 Å². The van der Waals surface area contributed by atoms with Crippen LogP contribution in [-0.2, 0) is 38.5 Å². The Morgan fingerprint density at radius 2 is 1.48 bits per heavy atom. The standard InChI is InChI=1S/C18H24N2O8S/c1-17(2)25-11-12(26-17)14-16(28-18(3,4)27-14)24-13(11)15(21)20-9-5-7-10(8-6-9)29(19,22)23/h5-8,11-14,16H,1-4H3,(H,20,21)(H2,19,22,23). The van der Waals surface area contributed by atoms with Gasteiger partial charge in [0, 0.05) is 5.69 Å². The molecule has 3 saturated heterocycles. The lowest BCUT2D eigenvalue weighted by Gasteiger charge is -2.36.